The number of imide groups is 1. The molecule has 2 heterocycles. The Labute approximate surface area is 98.6 Å². The molecule has 1 aliphatic rings. The first kappa shape index (κ1) is 11.4. The number of carbonyl (C=O) groups is 2. The molecule has 0 bridgehead atoms. The molecule has 92 valence electrons. The van der Waals surface area contributed by atoms with Gasteiger partial charge in [-0.1, -0.05) is 0 Å². The van der Waals surface area contributed by atoms with Gasteiger partial charge in [0.25, 0.3) is 5.91 Å². The molecule has 1 saturated heterocycles. The molecule has 0 unspecified atom stereocenters. The maximum Gasteiger partial charge on any atom is 0.325 e. The van der Waals surface area contributed by atoms with Crippen LogP contribution in [0.4, 0.5) is 10.6 Å². The zero-order valence-electron chi connectivity index (χ0n) is 9.80. The second-order valence-electron chi connectivity index (χ2n) is 4.52. The molecule has 7 nitrogen and oxygen atoms in total. The van der Waals surface area contributed by atoms with E-state index < -0.39 is 5.54 Å². The summed E-state index contributed by atoms with van der Waals surface area (Å²) < 4.78 is 1.60. The maximum absolute atomic E-state index is 11.9. The van der Waals surface area contributed by atoms with Crippen LogP contribution in [0.5, 0.6) is 0 Å². The molecule has 1 aromatic heterocycles. The minimum atomic E-state index is -0.819. The molecule has 0 aromatic carbocycles. The van der Waals surface area contributed by atoms with Gasteiger partial charge in [-0.25, -0.2) is 4.79 Å². The van der Waals surface area contributed by atoms with Crippen LogP contribution in [0.3, 0.4) is 0 Å². The monoisotopic (exact) mass is 237 g/mol. The van der Waals surface area contributed by atoms with Gasteiger partial charge in [0, 0.05) is 6.20 Å². The average Bonchev–Trinajstić information content (AvgIpc) is 2.70. The van der Waals surface area contributed by atoms with Crippen LogP contribution < -0.4 is 11.1 Å². The zero-order chi connectivity index (χ0) is 12.6. The molecular formula is C10H15N5O2. The lowest BCUT2D eigenvalue weighted by molar-refractivity contribution is -0.130. The summed E-state index contributed by atoms with van der Waals surface area (Å²) >= 11 is 0. The van der Waals surface area contributed by atoms with E-state index in [2.05, 4.69) is 10.4 Å². The van der Waals surface area contributed by atoms with Gasteiger partial charge in [-0.2, -0.15) is 5.10 Å². The number of nitrogens with one attached hydrogen (secondary N) is 1. The van der Waals surface area contributed by atoms with Crippen molar-refractivity contribution in [3.05, 3.63) is 12.3 Å². The molecule has 3 amide bonds. The molecule has 3 N–H and O–H groups in total. The van der Waals surface area contributed by atoms with Gasteiger partial charge in [0.2, 0.25) is 0 Å². The number of anilines is 1. The highest BCUT2D eigenvalue weighted by molar-refractivity contribution is 6.06. The highest BCUT2D eigenvalue weighted by atomic mass is 16.2. The lowest BCUT2D eigenvalue weighted by Gasteiger charge is -2.15. The van der Waals surface area contributed by atoms with Gasteiger partial charge in [0.05, 0.1) is 13.1 Å². The van der Waals surface area contributed by atoms with E-state index in [0.29, 0.717) is 12.4 Å². The van der Waals surface area contributed by atoms with E-state index in [-0.39, 0.29) is 18.5 Å². The number of nitrogen functional groups attached to an aromatic ring is 1. The Hall–Kier alpha value is -2.05. The van der Waals surface area contributed by atoms with Gasteiger partial charge in [-0.3, -0.25) is 14.4 Å². The Balaban J connectivity index is 2.00. The summed E-state index contributed by atoms with van der Waals surface area (Å²) in [5, 5.41) is 6.60. The molecule has 17 heavy (non-hydrogen) atoms. The van der Waals surface area contributed by atoms with E-state index in [4.69, 9.17) is 5.73 Å². The summed E-state index contributed by atoms with van der Waals surface area (Å²) in [6.45, 7) is 4.08. The third kappa shape index (κ3) is 2.08. The van der Waals surface area contributed by atoms with Crippen molar-refractivity contribution in [1.82, 2.24) is 20.0 Å². The molecule has 2 rings (SSSR count). The number of carbonyl (C=O) groups excluding carboxylic acids is 2. The van der Waals surface area contributed by atoms with Gasteiger partial charge in [-0.15, -0.1) is 0 Å². The van der Waals surface area contributed by atoms with Crippen LogP contribution in [0, 0.1) is 0 Å². The number of aromatic nitrogens is 2. The number of urea groups is 1. The molecule has 1 aromatic rings. The predicted octanol–water partition coefficient (Wildman–Crippen LogP) is -0.204. The van der Waals surface area contributed by atoms with Gasteiger partial charge in [-0.05, 0) is 19.9 Å². The fraction of sp³-hybridized carbons (Fsp3) is 0.500. The van der Waals surface area contributed by atoms with Crippen LogP contribution in [0.25, 0.3) is 0 Å². The van der Waals surface area contributed by atoms with E-state index in [9.17, 15) is 9.59 Å². The van der Waals surface area contributed by atoms with Gasteiger partial charge in [0.15, 0.2) is 0 Å². The minimum absolute atomic E-state index is 0.220. The first-order valence-electron chi connectivity index (χ1n) is 5.33. The lowest BCUT2D eigenvalue weighted by Crippen LogP contribution is -2.40. The van der Waals surface area contributed by atoms with Gasteiger partial charge < -0.3 is 11.1 Å². The van der Waals surface area contributed by atoms with Crippen LogP contribution in [0.15, 0.2) is 12.3 Å². The fourth-order valence-corrected chi connectivity index (χ4v) is 1.73. The topological polar surface area (TPSA) is 93.2 Å². The van der Waals surface area contributed by atoms with Crippen molar-refractivity contribution >= 4 is 17.8 Å². The predicted molar refractivity (Wildman–Crippen MR) is 61.0 cm³/mol. The highest BCUT2D eigenvalue weighted by Crippen LogP contribution is 2.16. The van der Waals surface area contributed by atoms with Gasteiger partial charge >= 0.3 is 6.03 Å². The van der Waals surface area contributed by atoms with Crippen molar-refractivity contribution in [2.45, 2.75) is 25.9 Å². The summed E-state index contributed by atoms with van der Waals surface area (Å²) in [6, 6.07) is 1.30. The number of nitrogens with two attached hydrogens (primary N) is 1. The Morgan fingerprint density at radius 1 is 1.41 bits per heavy atom. The second kappa shape index (κ2) is 3.76. The molecule has 0 spiro atoms. The van der Waals surface area contributed by atoms with Crippen LogP contribution in [0.2, 0.25) is 0 Å². The van der Waals surface area contributed by atoms with Crippen LogP contribution >= 0.6 is 0 Å². The molecule has 0 radical (unpaired) electrons. The van der Waals surface area contributed by atoms with Crippen LogP contribution in [-0.2, 0) is 11.3 Å². The van der Waals surface area contributed by atoms with Crippen molar-refractivity contribution in [2.24, 2.45) is 0 Å². The molecule has 1 aliphatic heterocycles. The Morgan fingerprint density at radius 3 is 2.59 bits per heavy atom. The van der Waals surface area contributed by atoms with Gasteiger partial charge in [0.1, 0.15) is 11.4 Å². The minimum Gasteiger partial charge on any atom is -0.382 e. The summed E-state index contributed by atoms with van der Waals surface area (Å²) in [6.07, 6.45) is 1.71. The number of hydrogen-bond donors (Lipinski definition) is 2. The lowest BCUT2D eigenvalue weighted by atomic mass is 10.1. The molecule has 7 heteroatoms. The summed E-state index contributed by atoms with van der Waals surface area (Å²) in [7, 11) is 0. The van der Waals surface area contributed by atoms with Crippen molar-refractivity contribution in [3.8, 4) is 0 Å². The molecule has 1 fully saturated rings. The van der Waals surface area contributed by atoms with Crippen molar-refractivity contribution in [3.63, 3.8) is 0 Å². The van der Waals surface area contributed by atoms with Crippen molar-refractivity contribution in [1.29, 1.82) is 0 Å². The van der Waals surface area contributed by atoms with E-state index in [0.717, 1.165) is 0 Å². The van der Waals surface area contributed by atoms with E-state index in [1.165, 1.54) is 4.90 Å². The quantitative estimate of drug-likeness (QED) is 0.712. The SMILES string of the molecule is CC1(C)NC(=O)N(CCn2ccc(N)n2)C1=O. The standard InChI is InChI=1S/C10H15N5O2/c1-10(2)8(16)15(9(17)12-10)6-5-14-4-3-7(11)13-14/h3-4H,5-6H2,1-2H3,(H2,11,13)(H,12,17). The van der Waals surface area contributed by atoms with Crippen molar-refractivity contribution < 1.29 is 9.59 Å². The zero-order valence-corrected chi connectivity index (χ0v) is 9.80. The third-order valence-corrected chi connectivity index (χ3v) is 2.66. The fourth-order valence-electron chi connectivity index (χ4n) is 1.73. The molecule has 0 aliphatic carbocycles. The van der Waals surface area contributed by atoms with E-state index in [1.54, 1.807) is 30.8 Å². The Bertz CT molecular complexity index is 465. The maximum atomic E-state index is 11.9. The summed E-state index contributed by atoms with van der Waals surface area (Å²) in [5.41, 5.74) is 4.65. The normalized spacial score (nSPS) is 18.6. The molecule has 0 saturated carbocycles. The highest BCUT2D eigenvalue weighted by Gasteiger charge is 2.43. The molecular weight excluding hydrogens is 222 g/mol. The number of nitrogens with zero attached hydrogens (tertiary/aromatic N) is 3. The summed E-state index contributed by atoms with van der Waals surface area (Å²) in [4.78, 5) is 24.6. The largest absolute Gasteiger partial charge is 0.382 e. The first-order valence-corrected chi connectivity index (χ1v) is 5.33. The average molecular weight is 237 g/mol. The van der Waals surface area contributed by atoms with E-state index in [1.807, 2.05) is 0 Å². The van der Waals surface area contributed by atoms with E-state index >= 15 is 0 Å². The number of hydrogen-bond acceptors (Lipinski definition) is 4. The van der Waals surface area contributed by atoms with Crippen molar-refractivity contribution in [2.75, 3.05) is 12.3 Å². The summed E-state index contributed by atoms with van der Waals surface area (Å²) in [5.74, 6) is 0.199. The smallest absolute Gasteiger partial charge is 0.325 e. The second-order valence-corrected chi connectivity index (χ2v) is 4.52. The number of amides is 3. The third-order valence-electron chi connectivity index (χ3n) is 2.66. The van der Waals surface area contributed by atoms with Crippen LogP contribution in [-0.4, -0.2) is 38.7 Å². The number of rotatable bonds is 3. The first-order chi connectivity index (χ1) is 7.90. The Morgan fingerprint density at radius 2 is 2.12 bits per heavy atom. The van der Waals surface area contributed by atoms with Crippen LogP contribution in [0.1, 0.15) is 13.8 Å². The molecule has 0 atom stereocenters. The Kier molecular flexibility index (Phi) is 2.53.